The summed E-state index contributed by atoms with van der Waals surface area (Å²) in [5, 5.41) is 9.10. The lowest BCUT2D eigenvalue weighted by molar-refractivity contribution is -0.137. The zero-order valence-electron chi connectivity index (χ0n) is 16.1. The minimum absolute atomic E-state index is 0.0272. The molecular formula is C19H30N4O2. The summed E-state index contributed by atoms with van der Waals surface area (Å²) in [7, 11) is 3.89. The predicted molar refractivity (Wildman–Crippen MR) is 102 cm³/mol. The average molecular weight is 346 g/mol. The summed E-state index contributed by atoms with van der Waals surface area (Å²) in [6.07, 6.45) is 1.57. The summed E-state index contributed by atoms with van der Waals surface area (Å²) < 4.78 is 0. The van der Waals surface area contributed by atoms with Gasteiger partial charge in [-0.2, -0.15) is 0 Å². The molecule has 1 heterocycles. The maximum atomic E-state index is 12.3. The fourth-order valence-electron chi connectivity index (χ4n) is 3.71. The molecular weight excluding hydrogens is 316 g/mol. The summed E-state index contributed by atoms with van der Waals surface area (Å²) in [5.74, 6) is -1.22. The molecule has 1 aliphatic heterocycles. The molecule has 2 amide bonds. The van der Waals surface area contributed by atoms with Gasteiger partial charge in [-0.15, -0.1) is 0 Å². The zero-order chi connectivity index (χ0) is 18.8. The van der Waals surface area contributed by atoms with E-state index in [4.69, 9.17) is 0 Å². The average Bonchev–Trinajstić information content (AvgIpc) is 2.44. The fourth-order valence-corrected chi connectivity index (χ4v) is 3.71. The first-order chi connectivity index (χ1) is 11.5. The van der Waals surface area contributed by atoms with Crippen molar-refractivity contribution in [2.24, 2.45) is 0 Å². The highest BCUT2D eigenvalue weighted by atomic mass is 16.2. The molecule has 0 aliphatic carbocycles. The molecule has 2 rings (SSSR count). The van der Waals surface area contributed by atoms with Crippen LogP contribution in [-0.2, 0) is 9.59 Å². The summed E-state index contributed by atoms with van der Waals surface area (Å²) in [6.45, 7) is 8.44. The van der Waals surface area contributed by atoms with Gasteiger partial charge in [-0.3, -0.25) is 9.59 Å². The van der Waals surface area contributed by atoms with E-state index in [1.807, 2.05) is 31.1 Å². The summed E-state index contributed by atoms with van der Waals surface area (Å²) in [5.41, 5.74) is 1.47. The molecule has 0 unspecified atom stereocenters. The van der Waals surface area contributed by atoms with Crippen LogP contribution in [0.15, 0.2) is 24.3 Å². The first-order valence-electron chi connectivity index (χ1n) is 8.66. The molecule has 6 nitrogen and oxygen atoms in total. The van der Waals surface area contributed by atoms with Crippen molar-refractivity contribution in [3.8, 4) is 0 Å². The molecule has 0 radical (unpaired) electrons. The fraction of sp³-hybridized carbons (Fsp3) is 0.579. The van der Waals surface area contributed by atoms with Crippen LogP contribution in [0.25, 0.3) is 0 Å². The lowest BCUT2D eigenvalue weighted by atomic mass is 9.79. The Hall–Kier alpha value is -2.08. The standard InChI is InChI=1S/C19H30N4O2/c1-18(2)11-14(12-19(3,4)22-18)21-17(25)16(24)20-13-7-9-15(10-8-13)23(5)6/h7-10,14,22H,11-12H2,1-6H3,(H,20,24)(H,21,25). The molecule has 1 fully saturated rings. The molecule has 25 heavy (non-hydrogen) atoms. The molecule has 1 saturated heterocycles. The number of nitrogens with zero attached hydrogens (tertiary/aromatic N) is 1. The third-order valence-electron chi connectivity index (χ3n) is 4.37. The van der Waals surface area contributed by atoms with Gasteiger partial charge in [0, 0.05) is 42.6 Å². The second kappa shape index (κ2) is 7.04. The van der Waals surface area contributed by atoms with Crippen LogP contribution in [0.5, 0.6) is 0 Å². The number of piperidine rings is 1. The monoisotopic (exact) mass is 346 g/mol. The van der Waals surface area contributed by atoms with Crippen LogP contribution in [0.4, 0.5) is 11.4 Å². The lowest BCUT2D eigenvalue weighted by Gasteiger charge is -2.46. The number of hydrogen-bond acceptors (Lipinski definition) is 4. The van der Waals surface area contributed by atoms with Gasteiger partial charge in [0.15, 0.2) is 0 Å². The Bertz CT molecular complexity index is 619. The number of hydrogen-bond donors (Lipinski definition) is 3. The van der Waals surface area contributed by atoms with Crippen LogP contribution in [0, 0.1) is 0 Å². The highest BCUT2D eigenvalue weighted by Gasteiger charge is 2.38. The zero-order valence-corrected chi connectivity index (χ0v) is 16.1. The number of carbonyl (C=O) groups is 2. The third kappa shape index (κ3) is 5.46. The quantitative estimate of drug-likeness (QED) is 0.733. The molecule has 0 spiro atoms. The number of benzene rings is 1. The van der Waals surface area contributed by atoms with Crippen LogP contribution < -0.4 is 20.9 Å². The maximum Gasteiger partial charge on any atom is 0.313 e. The van der Waals surface area contributed by atoms with Crippen molar-refractivity contribution in [2.45, 2.75) is 57.7 Å². The molecule has 0 atom stereocenters. The van der Waals surface area contributed by atoms with Crippen molar-refractivity contribution in [3.63, 3.8) is 0 Å². The Morgan fingerprint density at radius 3 is 2.00 bits per heavy atom. The summed E-state index contributed by atoms with van der Waals surface area (Å²) in [4.78, 5) is 26.4. The van der Waals surface area contributed by atoms with E-state index >= 15 is 0 Å². The molecule has 1 aromatic carbocycles. The van der Waals surface area contributed by atoms with Gasteiger partial charge in [-0.25, -0.2) is 0 Å². The lowest BCUT2D eigenvalue weighted by Crippen LogP contribution is -2.62. The van der Waals surface area contributed by atoms with E-state index in [1.165, 1.54) is 0 Å². The molecule has 3 N–H and O–H groups in total. The molecule has 1 aromatic rings. The van der Waals surface area contributed by atoms with Gasteiger partial charge < -0.3 is 20.9 Å². The van der Waals surface area contributed by atoms with Crippen molar-refractivity contribution < 1.29 is 9.59 Å². The Kier molecular flexibility index (Phi) is 5.42. The van der Waals surface area contributed by atoms with Crippen molar-refractivity contribution in [3.05, 3.63) is 24.3 Å². The Balaban J connectivity index is 1.95. The third-order valence-corrected chi connectivity index (χ3v) is 4.37. The van der Waals surface area contributed by atoms with E-state index in [-0.39, 0.29) is 17.1 Å². The van der Waals surface area contributed by atoms with E-state index in [0.29, 0.717) is 5.69 Å². The van der Waals surface area contributed by atoms with Gasteiger partial charge >= 0.3 is 11.8 Å². The minimum Gasteiger partial charge on any atom is -0.378 e. The second-order valence-corrected chi connectivity index (χ2v) is 8.37. The van der Waals surface area contributed by atoms with Crippen LogP contribution in [0.2, 0.25) is 0 Å². The van der Waals surface area contributed by atoms with E-state index in [0.717, 1.165) is 18.5 Å². The van der Waals surface area contributed by atoms with Crippen molar-refractivity contribution >= 4 is 23.2 Å². The Labute approximate surface area is 150 Å². The number of nitrogens with one attached hydrogen (secondary N) is 3. The summed E-state index contributed by atoms with van der Waals surface area (Å²) in [6, 6.07) is 7.34. The largest absolute Gasteiger partial charge is 0.378 e. The van der Waals surface area contributed by atoms with E-state index < -0.39 is 11.8 Å². The highest BCUT2D eigenvalue weighted by Crippen LogP contribution is 2.28. The smallest absolute Gasteiger partial charge is 0.313 e. The Morgan fingerprint density at radius 2 is 1.52 bits per heavy atom. The molecule has 1 aliphatic rings. The number of amides is 2. The Morgan fingerprint density at radius 1 is 1.00 bits per heavy atom. The molecule has 0 saturated carbocycles. The SMILES string of the molecule is CN(C)c1ccc(NC(=O)C(=O)NC2CC(C)(C)NC(C)(C)C2)cc1. The number of carbonyl (C=O) groups excluding carboxylic acids is 2. The van der Waals surface area contributed by atoms with Gasteiger partial charge in [0.1, 0.15) is 0 Å². The first-order valence-corrected chi connectivity index (χ1v) is 8.66. The van der Waals surface area contributed by atoms with E-state index in [9.17, 15) is 9.59 Å². The predicted octanol–water partition coefficient (Wildman–Crippen LogP) is 2.12. The van der Waals surface area contributed by atoms with Gasteiger partial charge in [0.25, 0.3) is 0 Å². The van der Waals surface area contributed by atoms with Crippen molar-refractivity contribution in [1.29, 1.82) is 0 Å². The van der Waals surface area contributed by atoms with Gasteiger partial charge in [-0.1, -0.05) is 0 Å². The van der Waals surface area contributed by atoms with Crippen LogP contribution in [0.1, 0.15) is 40.5 Å². The van der Waals surface area contributed by atoms with E-state index in [2.05, 4.69) is 43.6 Å². The van der Waals surface area contributed by atoms with Gasteiger partial charge in [0.2, 0.25) is 0 Å². The number of rotatable bonds is 3. The molecule has 0 aromatic heterocycles. The first kappa shape index (κ1) is 19.2. The van der Waals surface area contributed by atoms with Crippen LogP contribution in [0.3, 0.4) is 0 Å². The van der Waals surface area contributed by atoms with Crippen molar-refractivity contribution in [1.82, 2.24) is 10.6 Å². The van der Waals surface area contributed by atoms with Gasteiger partial charge in [-0.05, 0) is 64.8 Å². The molecule has 6 heteroatoms. The van der Waals surface area contributed by atoms with Crippen LogP contribution >= 0.6 is 0 Å². The number of anilines is 2. The normalized spacial score (nSPS) is 19.1. The van der Waals surface area contributed by atoms with E-state index in [1.54, 1.807) is 12.1 Å². The summed E-state index contributed by atoms with van der Waals surface area (Å²) >= 11 is 0. The minimum atomic E-state index is -0.633. The van der Waals surface area contributed by atoms with Gasteiger partial charge in [0.05, 0.1) is 0 Å². The second-order valence-electron chi connectivity index (χ2n) is 8.37. The van der Waals surface area contributed by atoms with Crippen molar-refractivity contribution in [2.75, 3.05) is 24.3 Å². The highest BCUT2D eigenvalue weighted by molar-refractivity contribution is 6.39. The topological polar surface area (TPSA) is 73.5 Å². The molecule has 138 valence electrons. The maximum absolute atomic E-state index is 12.3. The molecule has 0 bridgehead atoms. The van der Waals surface area contributed by atoms with Crippen LogP contribution in [-0.4, -0.2) is 43.0 Å².